The van der Waals surface area contributed by atoms with E-state index in [0.717, 1.165) is 47.9 Å². The van der Waals surface area contributed by atoms with Crippen molar-refractivity contribution in [3.05, 3.63) is 61.8 Å². The third kappa shape index (κ3) is 5.45. The van der Waals surface area contributed by atoms with E-state index in [9.17, 15) is 25.0 Å². The summed E-state index contributed by atoms with van der Waals surface area (Å²) < 4.78 is 5.20. The molecule has 11 nitrogen and oxygen atoms in total. The maximum Gasteiger partial charge on any atom is 0.341 e. The minimum Gasteiger partial charge on any atom is -0.462 e. The van der Waals surface area contributed by atoms with Crippen LogP contribution in [-0.2, 0) is 22.4 Å². The zero-order valence-electron chi connectivity index (χ0n) is 19.1. The number of rotatable bonds is 8. The number of esters is 1. The number of anilines is 1. The first-order valence-corrected chi connectivity index (χ1v) is 12.6. The third-order valence-corrected chi connectivity index (χ3v) is 7.50. The Kier molecular flexibility index (Phi) is 7.77. The fraction of sp³-hybridized carbons (Fsp3) is 0.261. The predicted octanol–water partition coefficient (Wildman–Crippen LogP) is 4.53. The van der Waals surface area contributed by atoms with Crippen LogP contribution in [0.4, 0.5) is 10.7 Å². The highest BCUT2D eigenvalue weighted by molar-refractivity contribution is 7.99. The normalized spacial score (nSPS) is 12.9. The predicted molar refractivity (Wildman–Crippen MR) is 133 cm³/mol. The molecule has 3 aromatic rings. The van der Waals surface area contributed by atoms with E-state index < -0.39 is 16.8 Å². The van der Waals surface area contributed by atoms with Gasteiger partial charge in [0.2, 0.25) is 0 Å². The number of nitro benzene ring substituents is 1. The van der Waals surface area contributed by atoms with Crippen LogP contribution in [-0.4, -0.2) is 38.6 Å². The Morgan fingerprint density at radius 3 is 2.89 bits per heavy atom. The number of ether oxygens (including phenoxy) is 1. The van der Waals surface area contributed by atoms with Gasteiger partial charge in [-0.2, -0.15) is 10.4 Å². The molecule has 0 saturated heterocycles. The summed E-state index contributed by atoms with van der Waals surface area (Å²) in [6.07, 6.45) is 6.03. The van der Waals surface area contributed by atoms with Gasteiger partial charge >= 0.3 is 5.97 Å². The molecule has 4 rings (SSSR count). The van der Waals surface area contributed by atoms with E-state index in [1.165, 1.54) is 35.9 Å². The SMILES string of the molecule is CCOC(=O)c1c(NC(=O)/C(C#N)=C\c2ccc(Sc3ncn[nH]3)c([N+](=O)[O-])c2)sc2c1CCCC2. The zero-order chi connectivity index (χ0) is 25.7. The molecule has 0 bridgehead atoms. The fourth-order valence-corrected chi connectivity index (χ4v) is 5.81. The maximum atomic E-state index is 13.0. The van der Waals surface area contributed by atoms with Crippen LogP contribution in [0.15, 0.2) is 40.2 Å². The van der Waals surface area contributed by atoms with Gasteiger partial charge in [0.25, 0.3) is 11.6 Å². The van der Waals surface area contributed by atoms with Crippen molar-refractivity contribution in [1.82, 2.24) is 15.2 Å². The van der Waals surface area contributed by atoms with Gasteiger partial charge in [-0.15, -0.1) is 11.3 Å². The van der Waals surface area contributed by atoms with Crippen molar-refractivity contribution in [3.63, 3.8) is 0 Å². The molecule has 1 aliphatic rings. The van der Waals surface area contributed by atoms with Gasteiger partial charge in [-0.25, -0.2) is 9.78 Å². The Morgan fingerprint density at radius 2 is 2.19 bits per heavy atom. The molecule has 13 heteroatoms. The van der Waals surface area contributed by atoms with Gasteiger partial charge in [0.1, 0.15) is 23.0 Å². The zero-order valence-corrected chi connectivity index (χ0v) is 20.7. The molecule has 2 aromatic heterocycles. The minimum atomic E-state index is -0.718. The van der Waals surface area contributed by atoms with Crippen molar-refractivity contribution in [2.24, 2.45) is 0 Å². The lowest BCUT2D eigenvalue weighted by molar-refractivity contribution is -0.387. The van der Waals surface area contributed by atoms with Gasteiger partial charge in [0, 0.05) is 10.9 Å². The molecule has 0 atom stereocenters. The van der Waals surface area contributed by atoms with Gasteiger partial charge in [0.05, 0.1) is 22.0 Å². The molecular weight excluding hydrogens is 504 g/mol. The van der Waals surface area contributed by atoms with Crippen LogP contribution in [0.5, 0.6) is 0 Å². The Balaban J connectivity index is 1.62. The number of aromatic amines is 1. The summed E-state index contributed by atoms with van der Waals surface area (Å²) in [6, 6.07) is 6.19. The summed E-state index contributed by atoms with van der Waals surface area (Å²) in [5.74, 6) is -1.23. The van der Waals surface area contributed by atoms with E-state index in [1.807, 2.05) is 6.07 Å². The number of aromatic nitrogens is 3. The first-order chi connectivity index (χ1) is 17.4. The van der Waals surface area contributed by atoms with Crippen molar-refractivity contribution in [2.75, 3.05) is 11.9 Å². The molecule has 0 radical (unpaired) electrons. The molecule has 0 spiro atoms. The van der Waals surface area contributed by atoms with E-state index in [-0.39, 0.29) is 17.9 Å². The van der Waals surface area contributed by atoms with Gasteiger partial charge < -0.3 is 10.1 Å². The largest absolute Gasteiger partial charge is 0.462 e. The number of fused-ring (bicyclic) bond motifs is 1. The van der Waals surface area contributed by atoms with E-state index >= 15 is 0 Å². The summed E-state index contributed by atoms with van der Waals surface area (Å²) in [6.45, 7) is 1.91. The molecule has 0 fully saturated rings. The molecular formula is C23H20N6O5S2. The van der Waals surface area contributed by atoms with Crippen molar-refractivity contribution >= 4 is 51.7 Å². The van der Waals surface area contributed by atoms with Crippen LogP contribution in [0.1, 0.15) is 46.1 Å². The fourth-order valence-electron chi connectivity index (χ4n) is 3.76. The molecule has 1 aromatic carbocycles. The van der Waals surface area contributed by atoms with Gasteiger partial charge in [-0.05, 0) is 67.6 Å². The third-order valence-electron chi connectivity index (χ3n) is 5.33. The second-order valence-corrected chi connectivity index (χ2v) is 9.77. The summed E-state index contributed by atoms with van der Waals surface area (Å²) in [4.78, 5) is 42.0. The van der Waals surface area contributed by atoms with Crippen LogP contribution < -0.4 is 5.32 Å². The van der Waals surface area contributed by atoms with Gasteiger partial charge in [0.15, 0.2) is 5.16 Å². The summed E-state index contributed by atoms with van der Waals surface area (Å²) in [5, 5.41) is 31.0. The van der Waals surface area contributed by atoms with Crippen LogP contribution in [0.3, 0.4) is 0 Å². The number of carbonyl (C=O) groups excluding carboxylic acids is 2. The number of nitrogens with one attached hydrogen (secondary N) is 2. The van der Waals surface area contributed by atoms with E-state index in [1.54, 1.807) is 13.0 Å². The standard InChI is InChI=1S/C23H20N6O5S2/c1-2-34-22(31)19-15-5-3-4-6-17(15)35-21(19)27-20(30)14(11-24)9-13-7-8-18(16(10-13)29(32)33)36-23-25-12-26-28-23/h7-10,12H,2-6H2,1H3,(H,27,30)(H,25,26,28)/b14-9-. The van der Waals surface area contributed by atoms with Crippen molar-refractivity contribution < 1.29 is 19.2 Å². The first kappa shape index (κ1) is 25.1. The quantitative estimate of drug-likeness (QED) is 0.142. The second kappa shape index (κ2) is 11.1. The lowest BCUT2D eigenvalue weighted by atomic mass is 9.95. The van der Waals surface area contributed by atoms with Gasteiger partial charge in [-0.3, -0.25) is 20.0 Å². The number of nitro groups is 1. The Labute approximate surface area is 213 Å². The smallest absolute Gasteiger partial charge is 0.341 e. The van der Waals surface area contributed by atoms with Gasteiger partial charge in [-0.1, -0.05) is 6.07 Å². The van der Waals surface area contributed by atoms with Crippen molar-refractivity contribution in [2.45, 2.75) is 42.7 Å². The monoisotopic (exact) mass is 524 g/mol. The van der Waals surface area contributed by atoms with E-state index in [4.69, 9.17) is 4.74 Å². The molecule has 1 amide bonds. The van der Waals surface area contributed by atoms with E-state index in [2.05, 4.69) is 20.5 Å². The number of thiophene rings is 1. The molecule has 184 valence electrons. The highest BCUT2D eigenvalue weighted by atomic mass is 32.2. The Morgan fingerprint density at radius 1 is 1.39 bits per heavy atom. The lowest BCUT2D eigenvalue weighted by Gasteiger charge is -2.12. The average molecular weight is 525 g/mol. The number of aryl methyl sites for hydroxylation is 1. The molecule has 0 unspecified atom stereocenters. The molecule has 2 N–H and O–H groups in total. The highest BCUT2D eigenvalue weighted by Crippen LogP contribution is 2.39. The molecule has 1 aliphatic carbocycles. The van der Waals surface area contributed by atoms with Crippen LogP contribution >= 0.6 is 23.1 Å². The highest BCUT2D eigenvalue weighted by Gasteiger charge is 2.28. The molecule has 2 heterocycles. The number of nitriles is 1. The van der Waals surface area contributed by atoms with Crippen molar-refractivity contribution in [1.29, 1.82) is 5.26 Å². The molecule has 36 heavy (non-hydrogen) atoms. The van der Waals surface area contributed by atoms with Crippen LogP contribution in [0, 0.1) is 21.4 Å². The summed E-state index contributed by atoms with van der Waals surface area (Å²) in [7, 11) is 0. The van der Waals surface area contributed by atoms with Crippen LogP contribution in [0.25, 0.3) is 6.08 Å². The number of H-pyrrole nitrogens is 1. The lowest BCUT2D eigenvalue weighted by Crippen LogP contribution is -2.16. The van der Waals surface area contributed by atoms with Crippen molar-refractivity contribution in [3.8, 4) is 6.07 Å². The minimum absolute atomic E-state index is 0.198. The number of amides is 1. The number of nitrogens with zero attached hydrogens (tertiary/aromatic N) is 4. The maximum absolute atomic E-state index is 13.0. The second-order valence-electron chi connectivity index (χ2n) is 7.64. The average Bonchev–Trinajstić information content (AvgIpc) is 3.50. The Bertz CT molecular complexity index is 1390. The topological polar surface area (TPSA) is 164 Å². The van der Waals surface area contributed by atoms with Crippen LogP contribution in [0.2, 0.25) is 0 Å². The summed E-state index contributed by atoms with van der Waals surface area (Å²) in [5.41, 5.74) is 1.05. The number of benzene rings is 1. The number of hydrogen-bond donors (Lipinski definition) is 2. The number of carbonyl (C=O) groups is 2. The summed E-state index contributed by atoms with van der Waals surface area (Å²) >= 11 is 2.35. The first-order valence-electron chi connectivity index (χ1n) is 11.0. The number of hydrogen-bond acceptors (Lipinski definition) is 10. The molecule has 0 aliphatic heterocycles. The Hall–Kier alpha value is -4.02. The van der Waals surface area contributed by atoms with E-state index in [0.29, 0.717) is 26.2 Å². The molecule has 0 saturated carbocycles.